The van der Waals surface area contributed by atoms with Crippen molar-refractivity contribution in [3.8, 4) is 5.75 Å². The predicted molar refractivity (Wildman–Crippen MR) is 111 cm³/mol. The van der Waals surface area contributed by atoms with Crippen molar-refractivity contribution in [3.63, 3.8) is 0 Å². The number of ether oxygens (including phenoxy) is 1. The van der Waals surface area contributed by atoms with Crippen molar-refractivity contribution in [3.05, 3.63) is 59.9 Å². The molecule has 0 atom stereocenters. The van der Waals surface area contributed by atoms with Gasteiger partial charge in [-0.05, 0) is 42.0 Å². The van der Waals surface area contributed by atoms with Crippen LogP contribution in [0.4, 0.5) is 15.2 Å². The standard InChI is InChI=1S/C19H17FN4O3S2/c1-27-15-8-6-14(7-9-15)21-17(26)11-28-19-24-23-18(29-19)22-16(25)10-12-2-4-13(20)5-3-12/h2-9H,10-11H2,1H3,(H,21,26)(H,22,23,25). The van der Waals surface area contributed by atoms with Crippen molar-refractivity contribution in [1.29, 1.82) is 0 Å². The highest BCUT2D eigenvalue weighted by Crippen LogP contribution is 2.26. The van der Waals surface area contributed by atoms with Gasteiger partial charge in [0.05, 0.1) is 19.3 Å². The molecule has 0 aliphatic heterocycles. The largest absolute Gasteiger partial charge is 0.497 e. The first kappa shape index (κ1) is 20.7. The lowest BCUT2D eigenvalue weighted by molar-refractivity contribution is -0.115. The fourth-order valence-electron chi connectivity index (χ4n) is 2.27. The summed E-state index contributed by atoms with van der Waals surface area (Å²) in [5.74, 6) is 0.0551. The number of hydrogen-bond acceptors (Lipinski definition) is 7. The Bertz CT molecular complexity index is 978. The molecule has 0 aliphatic carbocycles. The molecule has 3 aromatic rings. The van der Waals surface area contributed by atoms with Crippen molar-refractivity contribution in [2.45, 2.75) is 10.8 Å². The second-order valence-electron chi connectivity index (χ2n) is 5.79. The Morgan fingerprint density at radius 2 is 1.76 bits per heavy atom. The van der Waals surface area contributed by atoms with Crippen LogP contribution in [0.25, 0.3) is 0 Å². The minimum atomic E-state index is -0.351. The molecule has 0 saturated carbocycles. The van der Waals surface area contributed by atoms with Gasteiger partial charge in [0.2, 0.25) is 16.9 Å². The number of rotatable bonds is 8. The number of aromatic nitrogens is 2. The molecule has 0 spiro atoms. The van der Waals surface area contributed by atoms with Crippen LogP contribution in [-0.4, -0.2) is 34.9 Å². The Hall–Kier alpha value is -2.98. The second kappa shape index (κ2) is 9.99. The number of carbonyl (C=O) groups excluding carboxylic acids is 2. The van der Waals surface area contributed by atoms with E-state index in [1.54, 1.807) is 43.5 Å². The molecule has 2 amide bonds. The average molecular weight is 433 g/mol. The molecular weight excluding hydrogens is 415 g/mol. The van der Waals surface area contributed by atoms with Crippen LogP contribution >= 0.6 is 23.1 Å². The number of amides is 2. The van der Waals surface area contributed by atoms with E-state index in [-0.39, 0.29) is 29.8 Å². The van der Waals surface area contributed by atoms with Crippen LogP contribution in [0.3, 0.4) is 0 Å². The lowest BCUT2D eigenvalue weighted by Crippen LogP contribution is -2.14. The van der Waals surface area contributed by atoms with Gasteiger partial charge in [0, 0.05) is 5.69 Å². The maximum Gasteiger partial charge on any atom is 0.234 e. The van der Waals surface area contributed by atoms with Gasteiger partial charge in [-0.15, -0.1) is 10.2 Å². The van der Waals surface area contributed by atoms with Gasteiger partial charge in [0.1, 0.15) is 11.6 Å². The van der Waals surface area contributed by atoms with Gasteiger partial charge in [-0.3, -0.25) is 9.59 Å². The van der Waals surface area contributed by atoms with Crippen LogP contribution < -0.4 is 15.4 Å². The third-order valence-corrected chi connectivity index (χ3v) is 5.60. The fourth-order valence-corrected chi connectivity index (χ4v) is 3.84. The number of nitrogens with one attached hydrogen (secondary N) is 2. The quantitative estimate of drug-likeness (QED) is 0.417. The van der Waals surface area contributed by atoms with Crippen LogP contribution in [0, 0.1) is 5.82 Å². The molecule has 0 radical (unpaired) electrons. The zero-order valence-electron chi connectivity index (χ0n) is 15.3. The summed E-state index contributed by atoms with van der Waals surface area (Å²) in [6, 6.07) is 12.7. The van der Waals surface area contributed by atoms with Gasteiger partial charge in [0.15, 0.2) is 4.34 Å². The van der Waals surface area contributed by atoms with Gasteiger partial charge in [0.25, 0.3) is 0 Å². The van der Waals surface area contributed by atoms with Crippen molar-refractivity contribution >= 4 is 45.7 Å². The van der Waals surface area contributed by atoms with Gasteiger partial charge in [-0.25, -0.2) is 4.39 Å². The molecule has 10 heteroatoms. The van der Waals surface area contributed by atoms with E-state index in [1.807, 2.05) is 0 Å². The predicted octanol–water partition coefficient (Wildman–Crippen LogP) is 3.60. The van der Waals surface area contributed by atoms with Crippen LogP contribution in [0.5, 0.6) is 5.75 Å². The topological polar surface area (TPSA) is 93.2 Å². The molecule has 0 saturated heterocycles. The van der Waals surface area contributed by atoms with E-state index in [0.29, 0.717) is 26.5 Å². The summed E-state index contributed by atoms with van der Waals surface area (Å²) in [5.41, 5.74) is 1.36. The maximum atomic E-state index is 12.9. The minimum absolute atomic E-state index is 0.104. The Labute approximate surface area is 174 Å². The van der Waals surface area contributed by atoms with E-state index in [9.17, 15) is 14.0 Å². The lowest BCUT2D eigenvalue weighted by Gasteiger charge is -2.05. The number of hydrogen-bond donors (Lipinski definition) is 2. The van der Waals surface area contributed by atoms with Gasteiger partial charge >= 0.3 is 0 Å². The summed E-state index contributed by atoms with van der Waals surface area (Å²) in [5, 5.41) is 13.6. The third-order valence-electron chi connectivity index (χ3n) is 3.63. The Kier molecular flexibility index (Phi) is 7.14. The first-order valence-electron chi connectivity index (χ1n) is 8.46. The molecule has 2 aromatic carbocycles. The zero-order chi connectivity index (χ0) is 20.6. The summed E-state index contributed by atoms with van der Waals surface area (Å²) < 4.78 is 18.5. The molecule has 0 unspecified atom stereocenters. The maximum absolute atomic E-state index is 12.9. The number of halogens is 1. The van der Waals surface area contributed by atoms with Crippen LogP contribution in [0.15, 0.2) is 52.9 Å². The summed E-state index contributed by atoms with van der Waals surface area (Å²) in [7, 11) is 1.58. The van der Waals surface area contributed by atoms with Gasteiger partial charge in [-0.1, -0.05) is 35.2 Å². The van der Waals surface area contributed by atoms with Gasteiger partial charge in [-0.2, -0.15) is 0 Å². The number of anilines is 2. The number of thioether (sulfide) groups is 1. The van der Waals surface area contributed by atoms with Crippen molar-refractivity contribution in [1.82, 2.24) is 10.2 Å². The smallest absolute Gasteiger partial charge is 0.234 e. The highest BCUT2D eigenvalue weighted by molar-refractivity contribution is 8.01. The first-order valence-corrected chi connectivity index (χ1v) is 10.3. The van der Waals surface area contributed by atoms with Crippen LogP contribution in [0.2, 0.25) is 0 Å². The molecule has 1 heterocycles. The van der Waals surface area contributed by atoms with Gasteiger partial charge < -0.3 is 15.4 Å². The Morgan fingerprint density at radius 3 is 2.45 bits per heavy atom. The number of methoxy groups -OCH3 is 1. The molecule has 150 valence electrons. The lowest BCUT2D eigenvalue weighted by atomic mass is 10.1. The molecule has 3 rings (SSSR count). The van der Waals surface area contributed by atoms with Crippen LogP contribution in [-0.2, 0) is 16.0 Å². The first-order chi connectivity index (χ1) is 14.0. The summed E-state index contributed by atoms with van der Waals surface area (Å²) in [4.78, 5) is 24.1. The van der Waals surface area contributed by atoms with E-state index in [4.69, 9.17) is 4.74 Å². The molecule has 29 heavy (non-hydrogen) atoms. The Balaban J connectivity index is 1.44. The highest BCUT2D eigenvalue weighted by atomic mass is 32.2. The summed E-state index contributed by atoms with van der Waals surface area (Å²) in [6.45, 7) is 0. The van der Waals surface area contributed by atoms with E-state index in [1.165, 1.54) is 35.2 Å². The Morgan fingerprint density at radius 1 is 1.03 bits per heavy atom. The van der Waals surface area contributed by atoms with E-state index < -0.39 is 0 Å². The number of nitrogens with zero attached hydrogens (tertiary/aromatic N) is 2. The van der Waals surface area contributed by atoms with Crippen molar-refractivity contribution in [2.24, 2.45) is 0 Å². The van der Waals surface area contributed by atoms with E-state index >= 15 is 0 Å². The highest BCUT2D eigenvalue weighted by Gasteiger charge is 2.11. The van der Waals surface area contributed by atoms with Crippen LogP contribution in [0.1, 0.15) is 5.56 Å². The number of carbonyl (C=O) groups is 2. The zero-order valence-corrected chi connectivity index (χ0v) is 17.0. The summed E-state index contributed by atoms with van der Waals surface area (Å²) >= 11 is 2.40. The van der Waals surface area contributed by atoms with Crippen molar-refractivity contribution < 1.29 is 18.7 Å². The molecule has 0 fully saturated rings. The second-order valence-corrected chi connectivity index (χ2v) is 7.99. The molecule has 0 aliphatic rings. The summed E-state index contributed by atoms with van der Waals surface area (Å²) in [6.07, 6.45) is 0.104. The SMILES string of the molecule is COc1ccc(NC(=O)CSc2nnc(NC(=O)Cc3ccc(F)cc3)s2)cc1. The van der Waals surface area contributed by atoms with E-state index in [2.05, 4.69) is 20.8 Å². The number of benzene rings is 2. The van der Waals surface area contributed by atoms with Crippen molar-refractivity contribution in [2.75, 3.05) is 23.5 Å². The molecule has 1 aromatic heterocycles. The third kappa shape index (κ3) is 6.54. The molecule has 2 N–H and O–H groups in total. The molecule has 0 bridgehead atoms. The average Bonchev–Trinajstić information content (AvgIpc) is 3.16. The fraction of sp³-hybridized carbons (Fsp3) is 0.158. The molecule has 7 nitrogen and oxygen atoms in total. The normalized spacial score (nSPS) is 10.4. The molecular formula is C19H17FN4O3S2. The van der Waals surface area contributed by atoms with E-state index in [0.717, 1.165) is 0 Å². The minimum Gasteiger partial charge on any atom is -0.497 e. The monoisotopic (exact) mass is 432 g/mol.